The molecule has 2 aromatic heterocycles. The van der Waals surface area contributed by atoms with E-state index in [0.717, 1.165) is 66.3 Å². The van der Waals surface area contributed by atoms with Gasteiger partial charge in [0.15, 0.2) is 11.6 Å². The summed E-state index contributed by atoms with van der Waals surface area (Å²) in [6, 6.07) is 7.61. The fourth-order valence-electron chi connectivity index (χ4n) is 4.77. The zero-order valence-corrected chi connectivity index (χ0v) is 20.3. The number of amides is 1. The molecule has 186 valence electrons. The zero-order valence-electron chi connectivity index (χ0n) is 20.3. The topological polar surface area (TPSA) is 85.1 Å². The van der Waals surface area contributed by atoms with E-state index >= 15 is 0 Å². The van der Waals surface area contributed by atoms with Crippen molar-refractivity contribution in [1.82, 2.24) is 19.6 Å². The van der Waals surface area contributed by atoms with Gasteiger partial charge in [0.2, 0.25) is 0 Å². The first kappa shape index (κ1) is 23.7. The van der Waals surface area contributed by atoms with Crippen LogP contribution in [-0.4, -0.2) is 38.6 Å². The van der Waals surface area contributed by atoms with E-state index in [1.165, 1.54) is 12.1 Å². The fraction of sp³-hybridized carbons (Fsp3) is 0.308. The molecule has 1 amide bonds. The number of benzene rings is 2. The van der Waals surface area contributed by atoms with Crippen molar-refractivity contribution in [3.05, 3.63) is 75.8 Å². The average molecular weight is 493 g/mol. The number of halogens is 2. The van der Waals surface area contributed by atoms with E-state index in [-0.39, 0.29) is 11.7 Å². The van der Waals surface area contributed by atoms with Gasteiger partial charge in [0, 0.05) is 30.6 Å². The minimum absolute atomic E-state index is 0.153. The third kappa shape index (κ3) is 4.02. The molecule has 10 heteroatoms. The van der Waals surface area contributed by atoms with Crippen LogP contribution in [0.25, 0.3) is 16.6 Å². The van der Waals surface area contributed by atoms with Crippen LogP contribution in [0.15, 0.2) is 47.4 Å². The number of nitrogens with zero attached hydrogens (tertiary/aromatic N) is 5. The van der Waals surface area contributed by atoms with Gasteiger partial charge in [0.25, 0.3) is 11.5 Å². The summed E-state index contributed by atoms with van der Waals surface area (Å²) < 4.78 is 31.2. The lowest BCUT2D eigenvalue weighted by Crippen LogP contribution is -2.27. The van der Waals surface area contributed by atoms with Crippen LogP contribution >= 0.6 is 0 Å². The van der Waals surface area contributed by atoms with Crippen LogP contribution in [0.5, 0.6) is 0 Å². The molecule has 36 heavy (non-hydrogen) atoms. The number of aromatic nitrogens is 4. The summed E-state index contributed by atoms with van der Waals surface area (Å²) in [6.07, 6.45) is 3.91. The second kappa shape index (κ2) is 9.18. The van der Waals surface area contributed by atoms with E-state index in [1.54, 1.807) is 0 Å². The molecule has 1 fully saturated rings. The zero-order chi connectivity index (χ0) is 25.6. The number of carbonyl (C=O) groups excluding carboxylic acids is 1. The number of hydrogen-bond donors (Lipinski definition) is 1. The molecule has 0 radical (unpaired) electrons. The van der Waals surface area contributed by atoms with E-state index in [0.29, 0.717) is 10.4 Å². The summed E-state index contributed by atoms with van der Waals surface area (Å²) in [5.41, 5.74) is 1.88. The molecule has 4 aromatic rings. The maximum absolute atomic E-state index is 14.3. The van der Waals surface area contributed by atoms with Crippen molar-refractivity contribution in [2.24, 2.45) is 0 Å². The maximum Gasteiger partial charge on any atom is 0.276 e. The van der Waals surface area contributed by atoms with Gasteiger partial charge in [-0.1, -0.05) is 6.07 Å². The van der Waals surface area contributed by atoms with E-state index < -0.39 is 28.8 Å². The summed E-state index contributed by atoms with van der Waals surface area (Å²) in [6.45, 7) is 7.80. The molecule has 1 aliphatic rings. The van der Waals surface area contributed by atoms with E-state index in [1.807, 2.05) is 23.9 Å². The summed E-state index contributed by atoms with van der Waals surface area (Å²) in [5.74, 6) is -2.51. The number of anilines is 2. The smallest absolute Gasteiger partial charge is 0.276 e. The SMILES string of the molecule is Cc1cc(NC(=O)c2ccc(=O)n(-c3c(F)cccc3F)n2)c(N2CCCC2)c2cnn(C(C)C)c12. The Labute approximate surface area is 206 Å². The molecular formula is C26H26F2N6O2. The minimum atomic E-state index is -0.957. The summed E-state index contributed by atoms with van der Waals surface area (Å²) >= 11 is 0. The van der Waals surface area contributed by atoms with Crippen molar-refractivity contribution in [3.8, 4) is 5.69 Å². The lowest BCUT2D eigenvalue weighted by Gasteiger charge is -2.24. The normalized spacial score (nSPS) is 13.7. The molecule has 3 heterocycles. The lowest BCUT2D eigenvalue weighted by molar-refractivity contribution is 0.102. The van der Waals surface area contributed by atoms with E-state index in [2.05, 4.69) is 34.3 Å². The minimum Gasteiger partial charge on any atom is -0.369 e. The molecule has 0 spiro atoms. The third-order valence-electron chi connectivity index (χ3n) is 6.38. The summed E-state index contributed by atoms with van der Waals surface area (Å²) in [4.78, 5) is 27.9. The number of carbonyl (C=O) groups is 1. The van der Waals surface area contributed by atoms with E-state index in [9.17, 15) is 18.4 Å². The molecule has 5 rings (SSSR count). The highest BCUT2D eigenvalue weighted by atomic mass is 19.1. The Morgan fingerprint density at radius 2 is 1.75 bits per heavy atom. The molecule has 2 aromatic carbocycles. The molecular weight excluding hydrogens is 466 g/mol. The van der Waals surface area contributed by atoms with Crippen LogP contribution in [0.3, 0.4) is 0 Å². The molecule has 0 atom stereocenters. The fourth-order valence-corrected chi connectivity index (χ4v) is 4.77. The number of aryl methyl sites for hydroxylation is 1. The molecule has 0 saturated carbocycles. The van der Waals surface area contributed by atoms with E-state index in [4.69, 9.17) is 0 Å². The van der Waals surface area contributed by atoms with Gasteiger partial charge >= 0.3 is 0 Å². The van der Waals surface area contributed by atoms with Crippen molar-refractivity contribution in [1.29, 1.82) is 0 Å². The Balaban J connectivity index is 1.59. The van der Waals surface area contributed by atoms with Crippen molar-refractivity contribution in [2.75, 3.05) is 23.3 Å². The second-order valence-electron chi connectivity index (χ2n) is 9.22. The standard InChI is InChI=1S/C26H26F2N6O2/c1-15(2)33-23-16(3)13-21(24(17(23)14-29-33)32-11-4-5-12-32)30-26(36)20-9-10-22(35)34(31-20)25-18(27)7-6-8-19(25)28/h6-10,13-15H,4-5,11-12H2,1-3H3,(H,30,36). The quantitative estimate of drug-likeness (QED) is 0.440. The number of fused-ring (bicyclic) bond motifs is 1. The lowest BCUT2D eigenvalue weighted by atomic mass is 10.1. The molecule has 1 saturated heterocycles. The van der Waals surface area contributed by atoms with Crippen molar-refractivity contribution < 1.29 is 13.6 Å². The van der Waals surface area contributed by atoms with Crippen LogP contribution in [0.1, 0.15) is 48.8 Å². The first-order valence-electron chi connectivity index (χ1n) is 11.9. The van der Waals surface area contributed by atoms with Gasteiger partial charge in [0.1, 0.15) is 11.4 Å². The maximum atomic E-state index is 14.3. The third-order valence-corrected chi connectivity index (χ3v) is 6.38. The van der Waals surface area contributed by atoms with Gasteiger partial charge in [-0.05, 0) is 63.4 Å². The Morgan fingerprint density at radius 1 is 1.06 bits per heavy atom. The van der Waals surface area contributed by atoms with Crippen molar-refractivity contribution >= 4 is 28.2 Å². The number of nitrogens with one attached hydrogen (secondary N) is 1. The highest BCUT2D eigenvalue weighted by Crippen LogP contribution is 2.39. The molecule has 0 aliphatic carbocycles. The average Bonchev–Trinajstić information content (AvgIpc) is 3.51. The molecule has 0 unspecified atom stereocenters. The predicted molar refractivity (Wildman–Crippen MR) is 134 cm³/mol. The highest BCUT2D eigenvalue weighted by molar-refractivity contribution is 6.09. The summed E-state index contributed by atoms with van der Waals surface area (Å²) in [5, 5.41) is 12.4. The predicted octanol–water partition coefficient (Wildman–Crippen LogP) is 4.60. The first-order chi connectivity index (χ1) is 17.3. The number of hydrogen-bond acceptors (Lipinski definition) is 5. The molecule has 0 bridgehead atoms. The van der Waals surface area contributed by atoms with Gasteiger partial charge in [-0.25, -0.2) is 8.78 Å². The van der Waals surface area contributed by atoms with Crippen LogP contribution in [0.4, 0.5) is 20.2 Å². The van der Waals surface area contributed by atoms with Crippen molar-refractivity contribution in [3.63, 3.8) is 0 Å². The molecule has 8 nitrogen and oxygen atoms in total. The van der Waals surface area contributed by atoms with Gasteiger partial charge in [0.05, 0.1) is 23.1 Å². The van der Waals surface area contributed by atoms with Gasteiger partial charge in [-0.15, -0.1) is 0 Å². The van der Waals surface area contributed by atoms with Crippen LogP contribution in [0, 0.1) is 18.6 Å². The Morgan fingerprint density at radius 3 is 2.42 bits per heavy atom. The number of para-hydroxylation sites is 1. The van der Waals surface area contributed by atoms with Gasteiger partial charge in [-0.3, -0.25) is 14.3 Å². The Bertz CT molecular complexity index is 1520. The second-order valence-corrected chi connectivity index (χ2v) is 9.22. The van der Waals surface area contributed by atoms with Crippen molar-refractivity contribution in [2.45, 2.75) is 39.7 Å². The molecule has 1 aliphatic heterocycles. The largest absolute Gasteiger partial charge is 0.369 e. The molecule has 1 N–H and O–H groups in total. The number of rotatable bonds is 5. The monoisotopic (exact) mass is 492 g/mol. The van der Waals surface area contributed by atoms with Crippen LogP contribution < -0.4 is 15.8 Å². The highest BCUT2D eigenvalue weighted by Gasteiger charge is 2.25. The Kier molecular flexibility index (Phi) is 6.03. The summed E-state index contributed by atoms with van der Waals surface area (Å²) in [7, 11) is 0. The Hall–Kier alpha value is -4.08. The van der Waals surface area contributed by atoms with Crippen LogP contribution in [0.2, 0.25) is 0 Å². The van der Waals surface area contributed by atoms with Gasteiger partial charge in [-0.2, -0.15) is 14.9 Å². The van der Waals surface area contributed by atoms with Gasteiger partial charge < -0.3 is 10.2 Å². The van der Waals surface area contributed by atoms with Crippen LogP contribution in [-0.2, 0) is 0 Å². The first-order valence-corrected chi connectivity index (χ1v) is 11.9.